The molecule has 1 nitrogen and oxygen atoms in total. The van der Waals surface area contributed by atoms with Gasteiger partial charge >= 0.3 is 0 Å². The molecule has 2 atom stereocenters. The number of piperidine rings is 1. The van der Waals surface area contributed by atoms with Gasteiger partial charge < -0.3 is 5.32 Å². The zero-order chi connectivity index (χ0) is 9.20. The Morgan fingerprint density at radius 3 is 1.83 bits per heavy atom. The van der Waals surface area contributed by atoms with E-state index in [1.807, 2.05) is 0 Å². The first-order valence-electron chi connectivity index (χ1n) is 5.09. The summed E-state index contributed by atoms with van der Waals surface area (Å²) < 4.78 is 0. The van der Waals surface area contributed by atoms with E-state index in [4.69, 9.17) is 0 Å². The third kappa shape index (κ3) is 0.736. The number of hydrogen-bond donors (Lipinski definition) is 1. The Balaban J connectivity index is 2.43. The summed E-state index contributed by atoms with van der Waals surface area (Å²) in [6.45, 7) is 11.9. The fourth-order valence-electron chi connectivity index (χ4n) is 3.79. The molecule has 0 amide bonds. The average Bonchev–Trinajstić information content (AvgIpc) is 2.08. The minimum atomic E-state index is 0.358. The Morgan fingerprint density at radius 2 is 1.67 bits per heavy atom. The Morgan fingerprint density at radius 1 is 1.08 bits per heavy atom. The fraction of sp³-hybridized carbons (Fsp3) is 1.00. The molecule has 1 saturated heterocycles. The van der Waals surface area contributed by atoms with Crippen molar-refractivity contribution in [2.75, 3.05) is 0 Å². The molecule has 0 aromatic rings. The van der Waals surface area contributed by atoms with Crippen molar-refractivity contribution in [2.45, 2.75) is 58.5 Å². The van der Waals surface area contributed by atoms with Crippen LogP contribution in [0.2, 0.25) is 0 Å². The highest BCUT2D eigenvalue weighted by Gasteiger charge is 2.63. The summed E-state index contributed by atoms with van der Waals surface area (Å²) in [4.78, 5) is 0. The zero-order valence-electron chi connectivity index (χ0n) is 8.99. The average molecular weight is 167 g/mol. The predicted octanol–water partition coefficient (Wildman–Crippen LogP) is 2.56. The van der Waals surface area contributed by atoms with Gasteiger partial charge in [0, 0.05) is 11.1 Å². The van der Waals surface area contributed by atoms with E-state index in [9.17, 15) is 0 Å². The molecule has 0 spiro atoms. The van der Waals surface area contributed by atoms with E-state index in [0.717, 1.165) is 5.92 Å². The van der Waals surface area contributed by atoms with Crippen LogP contribution >= 0.6 is 0 Å². The summed E-state index contributed by atoms with van der Waals surface area (Å²) in [5, 5.41) is 3.80. The highest BCUT2D eigenvalue weighted by Crippen LogP contribution is 2.59. The molecule has 2 bridgehead atoms. The molecule has 1 saturated carbocycles. The van der Waals surface area contributed by atoms with Crippen LogP contribution in [0.15, 0.2) is 0 Å². The van der Waals surface area contributed by atoms with E-state index >= 15 is 0 Å². The molecule has 0 aromatic carbocycles. The highest BCUT2D eigenvalue weighted by atomic mass is 15.1. The minimum Gasteiger partial charge on any atom is -0.306 e. The van der Waals surface area contributed by atoms with Crippen LogP contribution in [0.4, 0.5) is 0 Å². The van der Waals surface area contributed by atoms with Crippen molar-refractivity contribution in [3.05, 3.63) is 0 Å². The van der Waals surface area contributed by atoms with Crippen molar-refractivity contribution >= 4 is 0 Å². The van der Waals surface area contributed by atoms with E-state index in [1.165, 1.54) is 12.8 Å². The molecule has 2 unspecified atom stereocenters. The van der Waals surface area contributed by atoms with Gasteiger partial charge in [0.1, 0.15) is 0 Å². The van der Waals surface area contributed by atoms with Crippen LogP contribution in [0.5, 0.6) is 0 Å². The molecule has 1 heteroatoms. The maximum absolute atomic E-state index is 3.80. The van der Waals surface area contributed by atoms with Gasteiger partial charge in [0.25, 0.3) is 0 Å². The number of hydrogen-bond acceptors (Lipinski definition) is 1. The van der Waals surface area contributed by atoms with Gasteiger partial charge in [-0.1, -0.05) is 13.8 Å². The molecular formula is C11H21N. The maximum atomic E-state index is 3.80. The van der Waals surface area contributed by atoms with Gasteiger partial charge in [-0.2, -0.15) is 0 Å². The van der Waals surface area contributed by atoms with Gasteiger partial charge in [-0.15, -0.1) is 0 Å². The number of rotatable bonds is 0. The van der Waals surface area contributed by atoms with E-state index in [-0.39, 0.29) is 0 Å². The fourth-order valence-corrected chi connectivity index (χ4v) is 3.79. The lowest BCUT2D eigenvalue weighted by molar-refractivity contribution is 0.215. The smallest absolute Gasteiger partial charge is 0.0212 e. The van der Waals surface area contributed by atoms with Crippen LogP contribution in [0.1, 0.15) is 47.5 Å². The van der Waals surface area contributed by atoms with Gasteiger partial charge in [0.05, 0.1) is 0 Å². The first kappa shape index (κ1) is 8.55. The first-order chi connectivity index (χ1) is 5.30. The third-order valence-corrected chi connectivity index (χ3v) is 4.70. The van der Waals surface area contributed by atoms with Crippen LogP contribution in [0, 0.1) is 11.3 Å². The maximum Gasteiger partial charge on any atom is 0.0212 e. The summed E-state index contributed by atoms with van der Waals surface area (Å²) in [6, 6.07) is 0. The van der Waals surface area contributed by atoms with Crippen molar-refractivity contribution in [1.29, 1.82) is 0 Å². The second kappa shape index (κ2) is 1.89. The molecule has 1 heterocycles. The monoisotopic (exact) mass is 167 g/mol. The quantitative estimate of drug-likeness (QED) is 0.584. The molecule has 1 aliphatic heterocycles. The third-order valence-electron chi connectivity index (χ3n) is 4.70. The van der Waals surface area contributed by atoms with Gasteiger partial charge in [-0.25, -0.2) is 0 Å². The second-order valence-corrected chi connectivity index (χ2v) is 5.99. The van der Waals surface area contributed by atoms with Crippen LogP contribution in [0.3, 0.4) is 0 Å². The predicted molar refractivity (Wildman–Crippen MR) is 52.1 cm³/mol. The normalized spacial score (nSPS) is 48.2. The largest absolute Gasteiger partial charge is 0.306 e. The second-order valence-electron chi connectivity index (χ2n) is 5.99. The summed E-state index contributed by atoms with van der Waals surface area (Å²) in [6.07, 6.45) is 2.76. The molecule has 2 rings (SSSR count). The topological polar surface area (TPSA) is 12.0 Å². The van der Waals surface area contributed by atoms with E-state index < -0.39 is 0 Å². The molecule has 1 aliphatic carbocycles. The standard InChI is InChI=1S/C11H21N/c1-9(2)8-6-7-11(9,5)12-10(8,3)4/h8,12H,6-7H2,1-5H3. The summed E-state index contributed by atoms with van der Waals surface area (Å²) in [5.41, 5.74) is 1.23. The Bertz CT molecular complexity index is 214. The number of fused-ring (bicyclic) bond motifs is 2. The lowest BCUT2D eigenvalue weighted by Gasteiger charge is -2.35. The van der Waals surface area contributed by atoms with Crippen molar-refractivity contribution in [2.24, 2.45) is 11.3 Å². The van der Waals surface area contributed by atoms with Crippen molar-refractivity contribution in [3.8, 4) is 0 Å². The summed E-state index contributed by atoms with van der Waals surface area (Å²) in [7, 11) is 0. The van der Waals surface area contributed by atoms with Crippen molar-refractivity contribution in [3.63, 3.8) is 0 Å². The Labute approximate surface area is 75.9 Å². The lowest BCUT2D eigenvalue weighted by atomic mass is 9.72. The van der Waals surface area contributed by atoms with Gasteiger partial charge in [-0.05, 0) is 44.9 Å². The Kier molecular flexibility index (Phi) is 1.35. The minimum absolute atomic E-state index is 0.358. The molecule has 0 aromatic heterocycles. The van der Waals surface area contributed by atoms with Crippen molar-refractivity contribution in [1.82, 2.24) is 5.32 Å². The molecule has 0 radical (unpaired) electrons. The van der Waals surface area contributed by atoms with E-state index in [2.05, 4.69) is 39.9 Å². The van der Waals surface area contributed by atoms with E-state index in [0.29, 0.717) is 16.5 Å². The molecule has 70 valence electrons. The van der Waals surface area contributed by atoms with Crippen molar-refractivity contribution < 1.29 is 0 Å². The molecule has 2 fully saturated rings. The summed E-state index contributed by atoms with van der Waals surface area (Å²) in [5.74, 6) is 0.856. The van der Waals surface area contributed by atoms with Gasteiger partial charge in [0.2, 0.25) is 0 Å². The first-order valence-corrected chi connectivity index (χ1v) is 5.09. The van der Waals surface area contributed by atoms with Gasteiger partial charge in [-0.3, -0.25) is 0 Å². The van der Waals surface area contributed by atoms with Crippen LogP contribution < -0.4 is 5.32 Å². The molecular weight excluding hydrogens is 146 g/mol. The zero-order valence-corrected chi connectivity index (χ0v) is 8.99. The highest BCUT2D eigenvalue weighted by molar-refractivity contribution is 5.19. The lowest BCUT2D eigenvalue weighted by Crippen LogP contribution is -2.51. The molecule has 1 N–H and O–H groups in total. The van der Waals surface area contributed by atoms with Gasteiger partial charge in [0.15, 0.2) is 0 Å². The van der Waals surface area contributed by atoms with Crippen LogP contribution in [0.25, 0.3) is 0 Å². The van der Waals surface area contributed by atoms with E-state index in [1.54, 1.807) is 0 Å². The SMILES string of the molecule is CC1(C)NC2(C)CCC1C2(C)C. The number of nitrogens with one attached hydrogen (secondary N) is 1. The Hall–Kier alpha value is -0.0400. The van der Waals surface area contributed by atoms with Crippen LogP contribution in [-0.2, 0) is 0 Å². The molecule has 2 aliphatic rings. The molecule has 12 heavy (non-hydrogen) atoms. The summed E-state index contributed by atoms with van der Waals surface area (Å²) >= 11 is 0. The van der Waals surface area contributed by atoms with Crippen LogP contribution in [-0.4, -0.2) is 11.1 Å².